The molecule has 0 radical (unpaired) electrons. The number of carbonyl (C=O) groups is 2. The highest BCUT2D eigenvalue weighted by molar-refractivity contribution is 5.81. The van der Waals surface area contributed by atoms with E-state index in [2.05, 4.69) is 29.7 Å². The molecule has 3 aromatic carbocycles. The molecule has 0 fully saturated rings. The number of aliphatic hydroxyl groups is 1. The molecule has 9 heteroatoms. The lowest BCUT2D eigenvalue weighted by molar-refractivity contribution is -0.133. The molecular formula is C36H48F2N4O3. The minimum absolute atomic E-state index is 0.0208. The molecule has 7 nitrogen and oxygen atoms in total. The number of halogens is 2. The Bertz CT molecular complexity index is 1310. The maximum atomic E-state index is 14.0. The minimum atomic E-state index is -1.05. The maximum absolute atomic E-state index is 14.0. The number of hydrogen-bond acceptors (Lipinski definition) is 5. The lowest BCUT2D eigenvalue weighted by Gasteiger charge is -2.29. The second-order valence-corrected chi connectivity index (χ2v) is 11.5. The molecule has 0 spiro atoms. The Labute approximate surface area is 266 Å². The summed E-state index contributed by atoms with van der Waals surface area (Å²) in [4.78, 5) is 30.4. The number of carbonyl (C=O) groups excluding carboxylic acids is 2. The molecule has 2 unspecified atom stereocenters. The van der Waals surface area contributed by atoms with Crippen LogP contribution in [0.3, 0.4) is 0 Å². The summed E-state index contributed by atoms with van der Waals surface area (Å²) in [6, 6.07) is 20.1. The molecule has 45 heavy (non-hydrogen) atoms. The number of aryl methyl sites for hydroxylation is 1. The number of nitrogens with zero attached hydrogens (tertiary/aromatic N) is 2. The number of nitrogens with one attached hydrogen (secondary N) is 2. The average molecular weight is 623 g/mol. The monoisotopic (exact) mass is 622 g/mol. The molecular weight excluding hydrogens is 574 g/mol. The Morgan fingerprint density at radius 1 is 0.800 bits per heavy atom. The Kier molecular flexibility index (Phi) is 15.1. The van der Waals surface area contributed by atoms with Gasteiger partial charge in [-0.15, -0.1) is 0 Å². The molecule has 2 amide bonds. The average Bonchev–Trinajstić information content (AvgIpc) is 3.00. The van der Waals surface area contributed by atoms with Crippen LogP contribution in [0.15, 0.2) is 72.8 Å². The topological polar surface area (TPSA) is 84.9 Å². The van der Waals surface area contributed by atoms with Gasteiger partial charge in [0.25, 0.3) is 0 Å². The van der Waals surface area contributed by atoms with Crippen molar-refractivity contribution in [3.63, 3.8) is 0 Å². The summed E-state index contributed by atoms with van der Waals surface area (Å²) in [7, 11) is 0. The van der Waals surface area contributed by atoms with Crippen molar-refractivity contribution < 1.29 is 23.5 Å². The van der Waals surface area contributed by atoms with Crippen LogP contribution in [0.5, 0.6) is 0 Å². The predicted octanol–water partition coefficient (Wildman–Crippen LogP) is 4.86. The molecule has 0 heterocycles. The molecule has 0 aliphatic rings. The predicted molar refractivity (Wildman–Crippen MR) is 174 cm³/mol. The van der Waals surface area contributed by atoms with E-state index in [1.165, 1.54) is 17.7 Å². The molecule has 3 N–H and O–H groups in total. The number of rotatable bonds is 19. The molecule has 0 aromatic heterocycles. The van der Waals surface area contributed by atoms with E-state index in [0.29, 0.717) is 31.7 Å². The van der Waals surface area contributed by atoms with Gasteiger partial charge < -0.3 is 20.6 Å². The molecule has 0 aliphatic carbocycles. The third-order valence-corrected chi connectivity index (χ3v) is 7.59. The van der Waals surface area contributed by atoms with Crippen LogP contribution in [-0.4, -0.2) is 71.6 Å². The van der Waals surface area contributed by atoms with Crippen LogP contribution in [-0.2, 0) is 35.5 Å². The third kappa shape index (κ3) is 12.7. The zero-order valence-corrected chi connectivity index (χ0v) is 26.8. The van der Waals surface area contributed by atoms with Crippen LogP contribution in [0.2, 0.25) is 0 Å². The fourth-order valence-electron chi connectivity index (χ4n) is 5.39. The SMILES string of the molecule is CCCN(CCC)C(=O)CN(CC(=O)NC(Cc1cc(F)cc(F)c1)C(O)CNCc1cccc(CC)c1)Cc1ccccc1. The third-order valence-electron chi connectivity index (χ3n) is 7.59. The van der Waals surface area contributed by atoms with E-state index in [-0.39, 0.29) is 32.0 Å². The first-order valence-electron chi connectivity index (χ1n) is 16.0. The maximum Gasteiger partial charge on any atom is 0.236 e. The van der Waals surface area contributed by atoms with Crippen LogP contribution in [0, 0.1) is 11.6 Å². The number of benzene rings is 3. The first-order chi connectivity index (χ1) is 21.7. The smallest absolute Gasteiger partial charge is 0.236 e. The first-order valence-corrected chi connectivity index (χ1v) is 16.0. The zero-order chi connectivity index (χ0) is 32.6. The Balaban J connectivity index is 1.74. The summed E-state index contributed by atoms with van der Waals surface area (Å²) >= 11 is 0. The molecule has 0 saturated heterocycles. The fourth-order valence-corrected chi connectivity index (χ4v) is 5.39. The number of hydrogen-bond donors (Lipinski definition) is 3. The van der Waals surface area contributed by atoms with Gasteiger partial charge in [-0.2, -0.15) is 0 Å². The van der Waals surface area contributed by atoms with Crippen molar-refractivity contribution in [1.29, 1.82) is 0 Å². The van der Waals surface area contributed by atoms with Crippen molar-refractivity contribution >= 4 is 11.8 Å². The van der Waals surface area contributed by atoms with Crippen molar-refractivity contribution in [3.8, 4) is 0 Å². The summed E-state index contributed by atoms with van der Waals surface area (Å²) < 4.78 is 28.0. The second-order valence-electron chi connectivity index (χ2n) is 11.5. The van der Waals surface area contributed by atoms with E-state index in [1.807, 2.05) is 61.2 Å². The van der Waals surface area contributed by atoms with Crippen LogP contribution < -0.4 is 10.6 Å². The van der Waals surface area contributed by atoms with Crippen LogP contribution in [0.25, 0.3) is 0 Å². The van der Waals surface area contributed by atoms with Gasteiger partial charge in [0.2, 0.25) is 11.8 Å². The van der Waals surface area contributed by atoms with Gasteiger partial charge in [-0.3, -0.25) is 14.5 Å². The Morgan fingerprint density at radius 3 is 2.09 bits per heavy atom. The van der Waals surface area contributed by atoms with Gasteiger partial charge in [0.15, 0.2) is 0 Å². The normalized spacial score (nSPS) is 12.6. The molecule has 2 atom stereocenters. The molecule has 0 bridgehead atoms. The van der Waals surface area contributed by atoms with E-state index in [0.717, 1.165) is 36.5 Å². The van der Waals surface area contributed by atoms with E-state index < -0.39 is 29.7 Å². The number of amides is 2. The summed E-state index contributed by atoms with van der Waals surface area (Å²) in [5, 5.41) is 17.3. The summed E-state index contributed by atoms with van der Waals surface area (Å²) in [5.74, 6) is -1.90. The van der Waals surface area contributed by atoms with E-state index in [9.17, 15) is 23.5 Å². The highest BCUT2D eigenvalue weighted by Crippen LogP contribution is 2.13. The standard InChI is InChI=1S/C36H48F2N4O3/c1-4-15-42(16-5-2)36(45)26-41(24-28-11-8-7-9-12-28)25-35(44)40-33(20-30-18-31(37)21-32(38)19-30)34(43)23-39-22-29-14-10-13-27(6-3)17-29/h7-14,17-19,21,33-34,39,43H,4-6,15-16,20,22-26H2,1-3H3,(H,40,44). The molecule has 0 saturated carbocycles. The van der Waals surface area contributed by atoms with Gasteiger partial charge in [-0.05, 0) is 60.1 Å². The van der Waals surface area contributed by atoms with Gasteiger partial charge in [-0.25, -0.2) is 8.78 Å². The highest BCUT2D eigenvalue weighted by atomic mass is 19.1. The summed E-state index contributed by atoms with van der Waals surface area (Å²) in [6.45, 7) is 8.44. The summed E-state index contributed by atoms with van der Waals surface area (Å²) in [6.07, 6.45) is 1.56. The molecule has 3 aromatic rings. The van der Waals surface area contributed by atoms with Gasteiger partial charge in [0.1, 0.15) is 11.6 Å². The van der Waals surface area contributed by atoms with Crippen molar-refractivity contribution in [2.45, 2.75) is 71.7 Å². The summed E-state index contributed by atoms with van der Waals surface area (Å²) in [5.41, 5.74) is 3.55. The molecule has 0 aliphatic heterocycles. The minimum Gasteiger partial charge on any atom is -0.390 e. The lowest BCUT2D eigenvalue weighted by atomic mass is 10.0. The van der Waals surface area contributed by atoms with Crippen molar-refractivity contribution in [1.82, 2.24) is 20.4 Å². The second kappa shape index (κ2) is 19.0. The van der Waals surface area contributed by atoms with Crippen molar-refractivity contribution in [2.75, 3.05) is 32.7 Å². The van der Waals surface area contributed by atoms with Crippen LogP contribution in [0.4, 0.5) is 8.78 Å². The quantitative estimate of drug-likeness (QED) is 0.178. The highest BCUT2D eigenvalue weighted by Gasteiger charge is 2.25. The Hall–Kier alpha value is -3.66. The fraction of sp³-hybridized carbons (Fsp3) is 0.444. The van der Waals surface area contributed by atoms with E-state index >= 15 is 0 Å². The van der Waals surface area contributed by atoms with Gasteiger partial charge >= 0.3 is 0 Å². The zero-order valence-electron chi connectivity index (χ0n) is 26.8. The van der Waals surface area contributed by atoms with E-state index in [4.69, 9.17) is 0 Å². The number of aliphatic hydroxyl groups excluding tert-OH is 1. The van der Waals surface area contributed by atoms with E-state index in [1.54, 1.807) is 4.90 Å². The Morgan fingerprint density at radius 2 is 1.44 bits per heavy atom. The van der Waals surface area contributed by atoms with Gasteiger partial charge in [-0.1, -0.05) is 75.4 Å². The van der Waals surface area contributed by atoms with Crippen LogP contribution >= 0.6 is 0 Å². The molecule has 244 valence electrons. The van der Waals surface area contributed by atoms with Gasteiger partial charge in [0.05, 0.1) is 25.2 Å². The largest absolute Gasteiger partial charge is 0.390 e. The lowest BCUT2D eigenvalue weighted by Crippen LogP contribution is -2.52. The first kappa shape index (κ1) is 35.8. The van der Waals surface area contributed by atoms with Crippen LogP contribution in [0.1, 0.15) is 55.9 Å². The van der Waals surface area contributed by atoms with Crippen molar-refractivity contribution in [2.24, 2.45) is 0 Å². The molecule has 3 rings (SSSR count). The van der Waals surface area contributed by atoms with Gasteiger partial charge in [0, 0.05) is 38.8 Å². The van der Waals surface area contributed by atoms with Crippen molar-refractivity contribution in [3.05, 3.63) is 107 Å².